The van der Waals surface area contributed by atoms with Crippen LogP contribution in [-0.2, 0) is 0 Å². The molecule has 0 radical (unpaired) electrons. The van der Waals surface area contributed by atoms with Crippen molar-refractivity contribution in [2.24, 2.45) is 0 Å². The number of hydrogen-bond acceptors (Lipinski definition) is 4. The molecule has 0 fully saturated rings. The van der Waals surface area contributed by atoms with Crippen LogP contribution < -0.4 is 20.1 Å². The minimum absolute atomic E-state index is 0.676. The maximum absolute atomic E-state index is 5.87. The Morgan fingerprint density at radius 1 is 0.842 bits per heavy atom. The molecule has 0 unspecified atom stereocenters. The Balaban J connectivity index is 2.31. The number of benzene rings is 2. The van der Waals surface area contributed by atoms with Gasteiger partial charge < -0.3 is 20.1 Å². The van der Waals surface area contributed by atoms with Crippen LogP contribution in [0.2, 0.25) is 0 Å². The van der Waals surface area contributed by atoms with Crippen LogP contribution in [0.3, 0.4) is 0 Å². The lowest BCUT2D eigenvalue weighted by Gasteiger charge is -2.21. The summed E-state index contributed by atoms with van der Waals surface area (Å²) < 4.78 is 10.4. The molecule has 2 rings (SSSR count). The molecule has 4 nitrogen and oxygen atoms in total. The topological polar surface area (TPSA) is 47.7 Å². The van der Waals surface area contributed by atoms with Crippen molar-refractivity contribution in [2.45, 2.75) is 0 Å². The van der Waals surface area contributed by atoms with E-state index in [1.54, 1.807) is 20.3 Å². The predicted octanol–water partition coefficient (Wildman–Crippen LogP) is 3.05. The molecular formula is C15H18N2O2. The van der Waals surface area contributed by atoms with E-state index in [0.29, 0.717) is 5.69 Å². The molecule has 0 saturated carbocycles. The summed E-state index contributed by atoms with van der Waals surface area (Å²) in [5.41, 5.74) is 8.57. The summed E-state index contributed by atoms with van der Waals surface area (Å²) >= 11 is 0. The highest BCUT2D eigenvalue weighted by Gasteiger charge is 2.07. The molecule has 0 aliphatic carbocycles. The number of ether oxygens (including phenoxy) is 2. The third kappa shape index (κ3) is 2.91. The average Bonchev–Trinajstić information content (AvgIpc) is 2.46. The molecule has 4 heteroatoms. The lowest BCUT2D eigenvalue weighted by atomic mass is 10.2. The van der Waals surface area contributed by atoms with Crippen LogP contribution in [-0.4, -0.2) is 21.3 Å². The first-order chi connectivity index (χ1) is 9.13. The Bertz CT molecular complexity index is 553. The summed E-state index contributed by atoms with van der Waals surface area (Å²) in [6.45, 7) is 0. The number of rotatable bonds is 4. The first-order valence-corrected chi connectivity index (χ1v) is 5.96. The highest BCUT2D eigenvalue weighted by molar-refractivity contribution is 5.68. The third-order valence-corrected chi connectivity index (χ3v) is 3.00. The van der Waals surface area contributed by atoms with E-state index in [4.69, 9.17) is 15.2 Å². The van der Waals surface area contributed by atoms with Gasteiger partial charge in [0, 0.05) is 36.2 Å². The molecule has 2 aromatic carbocycles. The molecule has 0 heterocycles. The number of nitrogen functional groups attached to an aromatic ring is 1. The van der Waals surface area contributed by atoms with Crippen molar-refractivity contribution in [3.05, 3.63) is 42.5 Å². The maximum Gasteiger partial charge on any atom is 0.122 e. The summed E-state index contributed by atoms with van der Waals surface area (Å²) in [4.78, 5) is 2.04. The predicted molar refractivity (Wildman–Crippen MR) is 78.5 cm³/mol. The molecule has 0 amide bonds. The van der Waals surface area contributed by atoms with Crippen LogP contribution in [0, 0.1) is 0 Å². The fourth-order valence-corrected chi connectivity index (χ4v) is 1.87. The molecule has 0 aliphatic heterocycles. The SMILES string of the molecule is COc1ccc(N(C)c2cc(N)cc(OC)c2)cc1. The first kappa shape index (κ1) is 13.1. The van der Waals surface area contributed by atoms with E-state index in [0.717, 1.165) is 22.9 Å². The summed E-state index contributed by atoms with van der Waals surface area (Å²) in [5, 5.41) is 0. The average molecular weight is 258 g/mol. The van der Waals surface area contributed by atoms with E-state index in [9.17, 15) is 0 Å². The van der Waals surface area contributed by atoms with Gasteiger partial charge in [0.15, 0.2) is 0 Å². The van der Waals surface area contributed by atoms with Gasteiger partial charge in [-0.15, -0.1) is 0 Å². The van der Waals surface area contributed by atoms with E-state index >= 15 is 0 Å². The van der Waals surface area contributed by atoms with Gasteiger partial charge in [0.1, 0.15) is 11.5 Å². The van der Waals surface area contributed by atoms with Gasteiger partial charge in [0.2, 0.25) is 0 Å². The van der Waals surface area contributed by atoms with E-state index in [-0.39, 0.29) is 0 Å². The van der Waals surface area contributed by atoms with Gasteiger partial charge in [-0.25, -0.2) is 0 Å². The first-order valence-electron chi connectivity index (χ1n) is 5.96. The summed E-state index contributed by atoms with van der Waals surface area (Å²) in [6, 6.07) is 13.5. The maximum atomic E-state index is 5.87. The molecular weight excluding hydrogens is 240 g/mol. The van der Waals surface area contributed by atoms with Gasteiger partial charge in [0.05, 0.1) is 14.2 Å². The Kier molecular flexibility index (Phi) is 3.80. The van der Waals surface area contributed by atoms with Crippen LogP contribution in [0.15, 0.2) is 42.5 Å². The van der Waals surface area contributed by atoms with Crippen molar-refractivity contribution >= 4 is 17.1 Å². The molecule has 0 aliphatic rings. The summed E-state index contributed by atoms with van der Waals surface area (Å²) in [7, 11) is 5.27. The molecule has 2 aromatic rings. The Morgan fingerprint density at radius 2 is 1.47 bits per heavy atom. The highest BCUT2D eigenvalue weighted by atomic mass is 16.5. The van der Waals surface area contributed by atoms with Crippen LogP contribution in [0.5, 0.6) is 11.5 Å². The quantitative estimate of drug-likeness (QED) is 0.856. The van der Waals surface area contributed by atoms with Crippen molar-refractivity contribution in [3.63, 3.8) is 0 Å². The second-order valence-electron chi connectivity index (χ2n) is 4.22. The minimum atomic E-state index is 0.676. The van der Waals surface area contributed by atoms with E-state index in [1.807, 2.05) is 48.3 Å². The molecule has 0 aromatic heterocycles. The van der Waals surface area contributed by atoms with Gasteiger partial charge in [-0.2, -0.15) is 0 Å². The number of nitrogens with zero attached hydrogens (tertiary/aromatic N) is 1. The van der Waals surface area contributed by atoms with Gasteiger partial charge in [0.25, 0.3) is 0 Å². The molecule has 0 atom stereocenters. The Hall–Kier alpha value is -2.36. The Labute approximate surface area is 113 Å². The number of anilines is 3. The van der Waals surface area contributed by atoms with Gasteiger partial charge >= 0.3 is 0 Å². The van der Waals surface area contributed by atoms with Crippen LogP contribution in [0.25, 0.3) is 0 Å². The minimum Gasteiger partial charge on any atom is -0.497 e. The third-order valence-electron chi connectivity index (χ3n) is 3.00. The van der Waals surface area contributed by atoms with Crippen LogP contribution in [0.4, 0.5) is 17.1 Å². The summed E-state index contributed by atoms with van der Waals surface area (Å²) in [6.07, 6.45) is 0. The van der Waals surface area contributed by atoms with Crippen LogP contribution in [0.1, 0.15) is 0 Å². The van der Waals surface area contributed by atoms with Crippen molar-refractivity contribution in [1.29, 1.82) is 0 Å². The van der Waals surface area contributed by atoms with Gasteiger partial charge in [-0.05, 0) is 30.3 Å². The van der Waals surface area contributed by atoms with Crippen molar-refractivity contribution < 1.29 is 9.47 Å². The van der Waals surface area contributed by atoms with Gasteiger partial charge in [-0.3, -0.25) is 0 Å². The Morgan fingerprint density at radius 3 is 2.05 bits per heavy atom. The van der Waals surface area contributed by atoms with Crippen molar-refractivity contribution in [2.75, 3.05) is 31.9 Å². The molecule has 19 heavy (non-hydrogen) atoms. The largest absolute Gasteiger partial charge is 0.497 e. The monoisotopic (exact) mass is 258 g/mol. The molecule has 100 valence electrons. The normalized spacial score (nSPS) is 10.1. The number of hydrogen-bond donors (Lipinski definition) is 1. The fourth-order valence-electron chi connectivity index (χ4n) is 1.87. The van der Waals surface area contributed by atoms with Crippen molar-refractivity contribution in [3.8, 4) is 11.5 Å². The second-order valence-corrected chi connectivity index (χ2v) is 4.22. The van der Waals surface area contributed by atoms with Gasteiger partial charge in [-0.1, -0.05) is 0 Å². The zero-order chi connectivity index (χ0) is 13.8. The number of nitrogens with two attached hydrogens (primary N) is 1. The van der Waals surface area contributed by atoms with Crippen molar-refractivity contribution in [1.82, 2.24) is 0 Å². The smallest absolute Gasteiger partial charge is 0.122 e. The zero-order valence-electron chi connectivity index (χ0n) is 11.4. The van der Waals surface area contributed by atoms with E-state index in [1.165, 1.54) is 0 Å². The second kappa shape index (κ2) is 5.52. The van der Waals surface area contributed by atoms with Crippen LogP contribution >= 0.6 is 0 Å². The van der Waals surface area contributed by atoms with E-state index in [2.05, 4.69) is 0 Å². The molecule has 0 bridgehead atoms. The fraction of sp³-hybridized carbons (Fsp3) is 0.200. The standard InChI is InChI=1S/C15H18N2O2/c1-17(12-4-6-14(18-2)7-5-12)13-8-11(16)9-15(10-13)19-3/h4-10H,16H2,1-3H3. The lowest BCUT2D eigenvalue weighted by Crippen LogP contribution is -2.09. The zero-order valence-corrected chi connectivity index (χ0v) is 11.4. The number of methoxy groups -OCH3 is 2. The summed E-state index contributed by atoms with van der Waals surface area (Å²) in [5.74, 6) is 1.58. The lowest BCUT2D eigenvalue weighted by molar-refractivity contribution is 0.414. The molecule has 2 N–H and O–H groups in total. The molecule has 0 spiro atoms. The highest BCUT2D eigenvalue weighted by Crippen LogP contribution is 2.30. The molecule has 0 saturated heterocycles. The van der Waals surface area contributed by atoms with E-state index < -0.39 is 0 Å².